The zero-order valence-electron chi connectivity index (χ0n) is 23.3. The predicted molar refractivity (Wildman–Crippen MR) is 161 cm³/mol. The first-order valence-corrected chi connectivity index (χ1v) is 15.7. The van der Waals surface area contributed by atoms with E-state index in [-0.39, 0.29) is 22.6 Å². The Hall–Kier alpha value is -3.07. The standard InChI is InChI=1S/C31H37N3O3S2/c1-6-25-13-10-14-28-29(25)32-31(38-28)34(21-24-11-8-7-9-12-24)30(35)26-15-17-27(18-16-26)39(36,37)33(19-22(2)3)20-23(4)5/h7-18,22-23H,6,19-21H2,1-5H3. The molecule has 0 bridgehead atoms. The molecule has 8 heteroatoms. The van der Waals surface area contributed by atoms with Gasteiger partial charge in [-0.25, -0.2) is 13.4 Å². The van der Waals surface area contributed by atoms with E-state index in [0.29, 0.717) is 30.3 Å². The maximum absolute atomic E-state index is 13.9. The summed E-state index contributed by atoms with van der Waals surface area (Å²) < 4.78 is 29.5. The van der Waals surface area contributed by atoms with Crippen molar-refractivity contribution in [2.75, 3.05) is 18.0 Å². The topological polar surface area (TPSA) is 70.6 Å². The van der Waals surface area contributed by atoms with Crippen LogP contribution in [-0.2, 0) is 23.0 Å². The number of hydrogen-bond acceptors (Lipinski definition) is 5. The fourth-order valence-corrected chi connectivity index (χ4v) is 7.32. The lowest BCUT2D eigenvalue weighted by Crippen LogP contribution is -2.37. The minimum Gasteiger partial charge on any atom is -0.279 e. The van der Waals surface area contributed by atoms with Gasteiger partial charge in [0.1, 0.15) is 0 Å². The summed E-state index contributed by atoms with van der Waals surface area (Å²) in [7, 11) is -3.68. The lowest BCUT2D eigenvalue weighted by molar-refractivity contribution is 0.0985. The van der Waals surface area contributed by atoms with Crippen LogP contribution >= 0.6 is 11.3 Å². The molecule has 0 saturated heterocycles. The summed E-state index contributed by atoms with van der Waals surface area (Å²) in [4.78, 5) is 20.7. The van der Waals surface area contributed by atoms with Crippen molar-refractivity contribution in [3.63, 3.8) is 0 Å². The Morgan fingerprint density at radius 1 is 0.872 bits per heavy atom. The van der Waals surface area contributed by atoms with Crippen LogP contribution in [0.4, 0.5) is 5.13 Å². The third-order valence-electron chi connectivity index (χ3n) is 6.41. The summed E-state index contributed by atoms with van der Waals surface area (Å²) in [6.07, 6.45) is 0.855. The molecule has 0 aliphatic rings. The van der Waals surface area contributed by atoms with Crippen LogP contribution in [-0.4, -0.2) is 36.7 Å². The number of nitrogens with zero attached hydrogens (tertiary/aromatic N) is 3. The lowest BCUT2D eigenvalue weighted by Gasteiger charge is -2.26. The highest BCUT2D eigenvalue weighted by Crippen LogP contribution is 2.33. The molecule has 1 heterocycles. The minimum atomic E-state index is -3.68. The van der Waals surface area contributed by atoms with Crippen LogP contribution in [0.25, 0.3) is 10.2 Å². The molecule has 1 aromatic heterocycles. The van der Waals surface area contributed by atoms with Crippen molar-refractivity contribution in [1.82, 2.24) is 9.29 Å². The number of sulfonamides is 1. The summed E-state index contributed by atoms with van der Waals surface area (Å²) in [6.45, 7) is 11.4. The largest absolute Gasteiger partial charge is 0.279 e. The number of rotatable bonds is 11. The van der Waals surface area contributed by atoms with Gasteiger partial charge < -0.3 is 0 Å². The number of benzene rings is 3. The summed E-state index contributed by atoms with van der Waals surface area (Å²) in [5.41, 5.74) is 3.46. The maximum atomic E-state index is 13.9. The van der Waals surface area contributed by atoms with Crippen molar-refractivity contribution >= 4 is 42.6 Å². The number of aromatic nitrogens is 1. The average Bonchev–Trinajstić information content (AvgIpc) is 3.35. The molecule has 0 atom stereocenters. The van der Waals surface area contributed by atoms with Crippen LogP contribution in [0.2, 0.25) is 0 Å². The van der Waals surface area contributed by atoms with Crippen LogP contribution in [0.15, 0.2) is 77.7 Å². The fourth-order valence-electron chi connectivity index (χ4n) is 4.55. The fraction of sp³-hybridized carbons (Fsp3) is 0.355. The number of carbonyl (C=O) groups excluding carboxylic acids is 1. The quantitative estimate of drug-likeness (QED) is 0.197. The third-order valence-corrected chi connectivity index (χ3v) is 9.30. The third kappa shape index (κ3) is 6.75. The Bertz CT molecular complexity index is 1500. The van der Waals surface area contributed by atoms with Gasteiger partial charge >= 0.3 is 0 Å². The molecule has 39 heavy (non-hydrogen) atoms. The molecule has 0 unspecified atom stereocenters. The molecular weight excluding hydrogens is 526 g/mol. The monoisotopic (exact) mass is 563 g/mol. The van der Waals surface area contributed by atoms with Crippen molar-refractivity contribution < 1.29 is 13.2 Å². The molecule has 0 spiro atoms. The lowest BCUT2D eigenvalue weighted by atomic mass is 10.1. The summed E-state index contributed by atoms with van der Waals surface area (Å²) in [5.74, 6) is 0.182. The highest BCUT2D eigenvalue weighted by atomic mass is 32.2. The van der Waals surface area contributed by atoms with E-state index in [0.717, 1.165) is 27.8 Å². The minimum absolute atomic E-state index is 0.197. The summed E-state index contributed by atoms with van der Waals surface area (Å²) in [5, 5.41) is 0.622. The normalized spacial score (nSPS) is 12.1. The van der Waals surface area contributed by atoms with Gasteiger partial charge in [-0.3, -0.25) is 9.69 Å². The molecule has 0 aliphatic carbocycles. The number of thiazole rings is 1. The van der Waals surface area contributed by atoms with Gasteiger partial charge in [-0.15, -0.1) is 0 Å². The molecular formula is C31H37N3O3S2. The van der Waals surface area contributed by atoms with Crippen molar-refractivity contribution in [2.45, 2.75) is 52.5 Å². The number of fused-ring (bicyclic) bond motifs is 1. The second-order valence-electron chi connectivity index (χ2n) is 10.6. The number of amides is 1. The first kappa shape index (κ1) is 28.9. The molecule has 206 valence electrons. The van der Waals surface area contributed by atoms with Crippen molar-refractivity contribution in [1.29, 1.82) is 0 Å². The van der Waals surface area contributed by atoms with E-state index in [1.54, 1.807) is 33.5 Å². The van der Waals surface area contributed by atoms with E-state index < -0.39 is 10.0 Å². The Labute approximate surface area is 236 Å². The van der Waals surface area contributed by atoms with Gasteiger partial charge in [-0.05, 0) is 59.7 Å². The van der Waals surface area contributed by atoms with Gasteiger partial charge in [0.2, 0.25) is 10.0 Å². The molecule has 0 aliphatic heterocycles. The first-order chi connectivity index (χ1) is 18.6. The molecule has 0 radical (unpaired) electrons. The van der Waals surface area contributed by atoms with E-state index in [2.05, 4.69) is 13.0 Å². The number of carbonyl (C=O) groups is 1. The van der Waals surface area contributed by atoms with Crippen molar-refractivity contribution in [3.8, 4) is 0 Å². The molecule has 6 nitrogen and oxygen atoms in total. The van der Waals surface area contributed by atoms with Crippen LogP contribution in [0.1, 0.15) is 56.1 Å². The van der Waals surface area contributed by atoms with Gasteiger partial charge in [0.15, 0.2) is 5.13 Å². The molecule has 0 fully saturated rings. The second-order valence-corrected chi connectivity index (χ2v) is 13.6. The first-order valence-electron chi connectivity index (χ1n) is 13.4. The van der Waals surface area contributed by atoms with Crippen LogP contribution in [0.3, 0.4) is 0 Å². The molecule has 0 N–H and O–H groups in total. The van der Waals surface area contributed by atoms with Gasteiger partial charge in [0.25, 0.3) is 5.91 Å². The summed E-state index contributed by atoms with van der Waals surface area (Å²) in [6, 6.07) is 22.2. The predicted octanol–water partition coefficient (Wildman–Crippen LogP) is 7.01. The van der Waals surface area contributed by atoms with Crippen molar-refractivity contribution in [2.24, 2.45) is 11.8 Å². The SMILES string of the molecule is CCc1cccc2sc(N(Cc3ccccc3)C(=O)c3ccc(S(=O)(=O)N(CC(C)C)CC(C)C)cc3)nc12. The molecule has 0 saturated carbocycles. The van der Waals surface area contributed by atoms with Crippen LogP contribution in [0, 0.1) is 11.8 Å². The maximum Gasteiger partial charge on any atom is 0.260 e. The highest BCUT2D eigenvalue weighted by molar-refractivity contribution is 7.89. The van der Waals surface area contributed by atoms with E-state index in [1.165, 1.54) is 11.3 Å². The smallest absolute Gasteiger partial charge is 0.260 e. The van der Waals surface area contributed by atoms with Crippen molar-refractivity contribution in [3.05, 3.63) is 89.5 Å². The van der Waals surface area contributed by atoms with E-state index >= 15 is 0 Å². The second kappa shape index (κ2) is 12.4. The van der Waals surface area contributed by atoms with Crippen LogP contribution in [0.5, 0.6) is 0 Å². The molecule has 3 aromatic carbocycles. The Kier molecular flexibility index (Phi) is 9.20. The number of hydrogen-bond donors (Lipinski definition) is 0. The number of aryl methyl sites for hydroxylation is 1. The van der Waals surface area contributed by atoms with Gasteiger partial charge in [-0.2, -0.15) is 4.31 Å². The van der Waals surface area contributed by atoms with Gasteiger partial charge in [-0.1, -0.05) is 88.4 Å². The highest BCUT2D eigenvalue weighted by Gasteiger charge is 2.27. The molecule has 4 aromatic rings. The Morgan fingerprint density at radius 2 is 1.51 bits per heavy atom. The molecule has 4 rings (SSSR count). The van der Waals surface area contributed by atoms with Gasteiger partial charge in [0.05, 0.1) is 21.7 Å². The Balaban J connectivity index is 1.69. The Morgan fingerprint density at radius 3 is 2.10 bits per heavy atom. The average molecular weight is 564 g/mol. The van der Waals surface area contributed by atoms with E-state index in [9.17, 15) is 13.2 Å². The van der Waals surface area contributed by atoms with E-state index in [1.807, 2.05) is 70.2 Å². The van der Waals surface area contributed by atoms with E-state index in [4.69, 9.17) is 4.98 Å². The zero-order valence-corrected chi connectivity index (χ0v) is 24.9. The summed E-state index contributed by atoms with van der Waals surface area (Å²) >= 11 is 1.49. The number of anilines is 1. The van der Waals surface area contributed by atoms with Gasteiger partial charge in [0, 0.05) is 18.7 Å². The number of para-hydroxylation sites is 1. The zero-order chi connectivity index (χ0) is 28.2. The molecule has 1 amide bonds. The van der Waals surface area contributed by atoms with Crippen LogP contribution < -0.4 is 4.90 Å².